The third kappa shape index (κ3) is 4.45. The lowest BCUT2D eigenvalue weighted by Crippen LogP contribution is -2.23. The van der Waals surface area contributed by atoms with Gasteiger partial charge in [-0.05, 0) is 23.1 Å². The molecule has 1 atom stereocenters. The molecule has 2 aromatic rings. The molecule has 142 valence electrons. The average molecular weight is 436 g/mol. The monoisotopic (exact) mass is 434 g/mol. The van der Waals surface area contributed by atoms with E-state index in [4.69, 9.17) is 32.9 Å². The van der Waals surface area contributed by atoms with Gasteiger partial charge in [-0.25, -0.2) is 0 Å². The summed E-state index contributed by atoms with van der Waals surface area (Å²) < 4.78 is 5.61. The minimum atomic E-state index is 0. The molecule has 1 aromatic heterocycles. The maximum Gasteiger partial charge on any atom is 0.128 e. The summed E-state index contributed by atoms with van der Waals surface area (Å²) in [6.07, 6.45) is 3.80. The third-order valence-corrected chi connectivity index (χ3v) is 5.20. The molecule has 0 aliphatic carbocycles. The Bertz CT molecular complexity index is 773. The highest BCUT2D eigenvalue weighted by molar-refractivity contribution is 6.36. The first-order valence-electron chi connectivity index (χ1n) is 8.01. The number of nitrogens with zero attached hydrogens (tertiary/aromatic N) is 2. The van der Waals surface area contributed by atoms with Gasteiger partial charge in [0.1, 0.15) is 5.75 Å². The fourth-order valence-electron chi connectivity index (χ4n) is 3.21. The highest BCUT2D eigenvalue weighted by Gasteiger charge is 2.28. The second kappa shape index (κ2) is 9.80. The molecule has 0 N–H and O–H groups in total. The van der Waals surface area contributed by atoms with E-state index >= 15 is 0 Å². The van der Waals surface area contributed by atoms with Gasteiger partial charge in [-0.3, -0.25) is 9.98 Å². The summed E-state index contributed by atoms with van der Waals surface area (Å²) in [5, 5.41) is 1.13. The first-order valence-corrected chi connectivity index (χ1v) is 8.77. The maximum absolute atomic E-state index is 6.30. The van der Waals surface area contributed by atoms with Crippen LogP contribution >= 0.6 is 48.0 Å². The predicted octanol–water partition coefficient (Wildman–Crippen LogP) is 6.03. The number of halogens is 4. The molecule has 0 spiro atoms. The predicted molar refractivity (Wildman–Crippen MR) is 114 cm³/mol. The van der Waals surface area contributed by atoms with Crippen LogP contribution in [0.25, 0.3) is 0 Å². The molecule has 26 heavy (non-hydrogen) atoms. The van der Waals surface area contributed by atoms with Crippen molar-refractivity contribution in [1.29, 1.82) is 0 Å². The number of aliphatic imine (C=N–C) groups is 1. The Kier molecular flexibility index (Phi) is 8.68. The zero-order valence-electron chi connectivity index (χ0n) is 14.8. The van der Waals surface area contributed by atoms with Crippen LogP contribution in [0.15, 0.2) is 35.6 Å². The Morgan fingerprint density at radius 3 is 2.38 bits per heavy atom. The molecule has 3 rings (SSSR count). The van der Waals surface area contributed by atoms with Gasteiger partial charge in [0.05, 0.1) is 22.9 Å². The van der Waals surface area contributed by atoms with Gasteiger partial charge in [0.2, 0.25) is 0 Å². The maximum atomic E-state index is 6.30. The summed E-state index contributed by atoms with van der Waals surface area (Å²) >= 11 is 12.6. The first kappa shape index (κ1) is 23.0. The number of hydrogen-bond acceptors (Lipinski definition) is 3. The van der Waals surface area contributed by atoms with Crippen molar-refractivity contribution in [3.63, 3.8) is 0 Å². The van der Waals surface area contributed by atoms with E-state index in [-0.39, 0.29) is 24.8 Å². The summed E-state index contributed by atoms with van der Waals surface area (Å²) in [6.45, 7) is 5.23. The molecular formula is C19H22Cl4N2O. The van der Waals surface area contributed by atoms with Crippen LogP contribution in [0.3, 0.4) is 0 Å². The highest BCUT2D eigenvalue weighted by Crippen LogP contribution is 2.37. The highest BCUT2D eigenvalue weighted by atomic mass is 35.5. The third-order valence-electron chi connectivity index (χ3n) is 4.55. The second-order valence-electron chi connectivity index (χ2n) is 6.32. The molecule has 3 nitrogen and oxygen atoms in total. The largest absolute Gasteiger partial charge is 0.496 e. The number of benzene rings is 1. The summed E-state index contributed by atoms with van der Waals surface area (Å²) in [7, 11) is 1.69. The number of pyridine rings is 1. The van der Waals surface area contributed by atoms with Crippen LogP contribution in [0.2, 0.25) is 10.0 Å². The number of aromatic nitrogens is 1. The van der Waals surface area contributed by atoms with Gasteiger partial charge in [0.15, 0.2) is 0 Å². The first-order chi connectivity index (χ1) is 11.5. The molecular weight excluding hydrogens is 414 g/mol. The molecule has 2 heterocycles. The van der Waals surface area contributed by atoms with Crippen molar-refractivity contribution in [1.82, 2.24) is 4.98 Å². The molecule has 0 radical (unpaired) electrons. The number of ether oxygens (including phenoxy) is 1. The summed E-state index contributed by atoms with van der Waals surface area (Å²) in [4.78, 5) is 8.88. The van der Waals surface area contributed by atoms with E-state index < -0.39 is 0 Å². The quantitative estimate of drug-likeness (QED) is 0.587. The van der Waals surface area contributed by atoms with E-state index in [9.17, 15) is 0 Å². The molecule has 1 aliphatic rings. The van der Waals surface area contributed by atoms with Crippen molar-refractivity contribution < 1.29 is 4.74 Å². The smallest absolute Gasteiger partial charge is 0.128 e. The number of hydrogen-bond donors (Lipinski definition) is 0. The number of methoxy groups -OCH3 is 1. The van der Waals surface area contributed by atoms with Crippen molar-refractivity contribution in [2.45, 2.75) is 26.2 Å². The summed E-state index contributed by atoms with van der Waals surface area (Å²) in [5.41, 5.74) is 4.19. The fourth-order valence-corrected chi connectivity index (χ4v) is 3.71. The second-order valence-corrected chi connectivity index (χ2v) is 7.14. The average Bonchev–Trinajstić information content (AvgIpc) is 2.57. The van der Waals surface area contributed by atoms with Gasteiger partial charge in [0, 0.05) is 36.8 Å². The van der Waals surface area contributed by atoms with Crippen molar-refractivity contribution in [2.75, 3.05) is 13.7 Å². The van der Waals surface area contributed by atoms with Crippen LogP contribution in [-0.2, 0) is 6.42 Å². The van der Waals surface area contributed by atoms with Crippen LogP contribution in [0.5, 0.6) is 5.75 Å². The lowest BCUT2D eigenvalue weighted by atomic mass is 9.81. The minimum Gasteiger partial charge on any atom is -0.496 e. The molecule has 7 heteroatoms. The molecule has 0 fully saturated rings. The Hall–Kier alpha value is -1.000. The van der Waals surface area contributed by atoms with Crippen LogP contribution in [-0.4, -0.2) is 24.4 Å². The summed E-state index contributed by atoms with van der Waals surface area (Å²) in [6, 6.07) is 6.20. The Balaban J connectivity index is 0.00000169. The number of rotatable bonds is 4. The van der Waals surface area contributed by atoms with E-state index in [1.807, 2.05) is 12.1 Å². The van der Waals surface area contributed by atoms with E-state index in [0.29, 0.717) is 28.3 Å². The Morgan fingerprint density at radius 2 is 1.81 bits per heavy atom. The van der Waals surface area contributed by atoms with Crippen LogP contribution in [0.4, 0.5) is 0 Å². The van der Waals surface area contributed by atoms with Crippen molar-refractivity contribution in [3.05, 3.63) is 57.3 Å². The van der Waals surface area contributed by atoms with Crippen molar-refractivity contribution in [2.24, 2.45) is 10.9 Å². The zero-order chi connectivity index (χ0) is 17.3. The normalized spacial score (nSPS) is 15.5. The molecule has 1 aromatic carbocycles. The van der Waals surface area contributed by atoms with Crippen LogP contribution in [0, 0.1) is 5.92 Å². The topological polar surface area (TPSA) is 34.5 Å². The van der Waals surface area contributed by atoms with Crippen molar-refractivity contribution >= 4 is 53.7 Å². The number of fused-ring (bicyclic) bond motifs is 1. The van der Waals surface area contributed by atoms with Crippen molar-refractivity contribution in [3.8, 4) is 5.75 Å². The van der Waals surface area contributed by atoms with Crippen LogP contribution in [0.1, 0.15) is 36.5 Å². The molecule has 0 bridgehead atoms. The zero-order valence-corrected chi connectivity index (χ0v) is 18.0. The Morgan fingerprint density at radius 1 is 1.15 bits per heavy atom. The van der Waals surface area contributed by atoms with Gasteiger partial charge in [-0.15, -0.1) is 24.8 Å². The minimum absolute atomic E-state index is 0. The van der Waals surface area contributed by atoms with Crippen LogP contribution < -0.4 is 4.74 Å². The summed E-state index contributed by atoms with van der Waals surface area (Å²) in [5.74, 6) is 1.74. The molecule has 0 saturated heterocycles. The fraction of sp³-hybridized carbons (Fsp3) is 0.368. The van der Waals surface area contributed by atoms with E-state index in [0.717, 1.165) is 29.1 Å². The van der Waals surface area contributed by atoms with Gasteiger partial charge >= 0.3 is 0 Å². The van der Waals surface area contributed by atoms with Gasteiger partial charge in [-0.1, -0.05) is 49.2 Å². The SMILES string of the molecule is COc1cccc2c1C(Cc1c(Cl)cncc1Cl)=NCC2C(C)C.Cl.Cl. The molecule has 0 saturated carbocycles. The van der Waals surface area contributed by atoms with E-state index in [2.05, 4.69) is 24.9 Å². The lowest BCUT2D eigenvalue weighted by molar-refractivity contribution is 0.410. The van der Waals surface area contributed by atoms with E-state index in [1.165, 1.54) is 5.56 Å². The van der Waals surface area contributed by atoms with Gasteiger partial charge in [0.25, 0.3) is 0 Å². The Labute approximate surface area is 177 Å². The van der Waals surface area contributed by atoms with Gasteiger partial charge in [-0.2, -0.15) is 0 Å². The lowest BCUT2D eigenvalue weighted by Gasteiger charge is -2.29. The van der Waals surface area contributed by atoms with E-state index in [1.54, 1.807) is 19.5 Å². The molecule has 0 amide bonds. The molecule has 1 unspecified atom stereocenters. The molecule has 1 aliphatic heterocycles. The van der Waals surface area contributed by atoms with Gasteiger partial charge < -0.3 is 4.74 Å². The standard InChI is InChI=1S/C19H20Cl2N2O.2ClH/c1-11(2)14-8-23-17(7-13-15(20)9-22-10-16(13)21)19-12(14)5-4-6-18(19)24-3;;/h4-6,9-11,14H,7-8H2,1-3H3;2*1H.